The van der Waals surface area contributed by atoms with Crippen LogP contribution in [-0.4, -0.2) is 60.9 Å². The first-order valence-corrected chi connectivity index (χ1v) is 10.2. The minimum Gasteiger partial charge on any atom is -0.492 e. The first-order valence-electron chi connectivity index (χ1n) is 10.2. The summed E-state index contributed by atoms with van der Waals surface area (Å²) in [5.74, 6) is 1.65. The lowest BCUT2D eigenvalue weighted by molar-refractivity contribution is 0.0240. The lowest BCUT2D eigenvalue weighted by Crippen LogP contribution is -2.50. The maximum Gasteiger partial charge on any atom is 0.410 e. The van der Waals surface area contributed by atoms with Gasteiger partial charge >= 0.3 is 6.09 Å². The number of ether oxygens (including phenoxy) is 2. The van der Waals surface area contributed by atoms with E-state index in [1.54, 1.807) is 11.1 Å². The molecule has 0 saturated carbocycles. The van der Waals surface area contributed by atoms with Crippen LogP contribution in [0.15, 0.2) is 23.4 Å². The molecule has 9 heteroatoms. The molecule has 1 aliphatic rings. The number of azide groups is 1. The van der Waals surface area contributed by atoms with Gasteiger partial charge in [0, 0.05) is 37.6 Å². The Kier molecular flexibility index (Phi) is 8.86. The van der Waals surface area contributed by atoms with Crippen molar-refractivity contribution in [1.29, 1.82) is 0 Å². The van der Waals surface area contributed by atoms with Gasteiger partial charge in [0.25, 0.3) is 0 Å². The van der Waals surface area contributed by atoms with E-state index in [1.165, 1.54) is 0 Å². The van der Waals surface area contributed by atoms with Gasteiger partial charge in [0.1, 0.15) is 17.2 Å². The second-order valence-electron chi connectivity index (χ2n) is 8.02. The number of hydrogen-bond donors (Lipinski definition) is 0. The summed E-state index contributed by atoms with van der Waals surface area (Å²) in [5.41, 5.74) is 7.74. The van der Waals surface area contributed by atoms with Crippen molar-refractivity contribution in [3.8, 4) is 5.75 Å². The predicted octanol–water partition coefficient (Wildman–Crippen LogP) is 4.39. The van der Waals surface area contributed by atoms with Gasteiger partial charge < -0.3 is 19.3 Å². The molecule has 0 spiro atoms. The van der Waals surface area contributed by atoms with Gasteiger partial charge in [-0.3, -0.25) is 0 Å². The Morgan fingerprint density at radius 2 is 1.90 bits per heavy atom. The number of rotatable bonds is 9. The first-order chi connectivity index (χ1) is 13.9. The summed E-state index contributed by atoms with van der Waals surface area (Å²) in [6.07, 6.45) is 5.46. The van der Waals surface area contributed by atoms with Crippen molar-refractivity contribution < 1.29 is 14.3 Å². The van der Waals surface area contributed by atoms with E-state index in [2.05, 4.69) is 19.9 Å². The van der Waals surface area contributed by atoms with Crippen molar-refractivity contribution in [2.75, 3.05) is 44.2 Å². The maximum absolute atomic E-state index is 12.1. The van der Waals surface area contributed by atoms with Crippen molar-refractivity contribution in [3.63, 3.8) is 0 Å². The van der Waals surface area contributed by atoms with Crippen molar-refractivity contribution in [2.45, 2.75) is 52.1 Å². The molecule has 1 aliphatic heterocycles. The predicted molar refractivity (Wildman–Crippen MR) is 112 cm³/mol. The second kappa shape index (κ2) is 11.4. The van der Waals surface area contributed by atoms with Crippen LogP contribution in [0.3, 0.4) is 0 Å². The number of piperazine rings is 1. The van der Waals surface area contributed by atoms with Crippen molar-refractivity contribution in [1.82, 2.24) is 9.88 Å². The van der Waals surface area contributed by atoms with Crippen LogP contribution in [0.4, 0.5) is 10.6 Å². The number of aromatic nitrogens is 1. The van der Waals surface area contributed by atoms with E-state index in [4.69, 9.17) is 15.0 Å². The molecule has 9 nitrogen and oxygen atoms in total. The molecule has 0 bridgehead atoms. The molecular formula is C20H32N6O3. The molecule has 160 valence electrons. The number of hydrogen-bond acceptors (Lipinski definition) is 6. The highest BCUT2D eigenvalue weighted by Gasteiger charge is 2.26. The highest BCUT2D eigenvalue weighted by Crippen LogP contribution is 2.19. The van der Waals surface area contributed by atoms with Crippen LogP contribution in [0.5, 0.6) is 5.75 Å². The number of anilines is 1. The fourth-order valence-corrected chi connectivity index (χ4v) is 2.96. The topological polar surface area (TPSA) is 104 Å². The number of nitrogens with zero attached hydrogens (tertiary/aromatic N) is 6. The van der Waals surface area contributed by atoms with E-state index in [9.17, 15) is 4.79 Å². The Hall–Kier alpha value is -2.67. The van der Waals surface area contributed by atoms with Gasteiger partial charge in [0.05, 0.1) is 12.8 Å². The molecule has 0 atom stereocenters. The smallest absolute Gasteiger partial charge is 0.410 e. The molecular weight excluding hydrogens is 372 g/mol. The molecule has 0 radical (unpaired) electrons. The lowest BCUT2D eigenvalue weighted by atomic mass is 10.2. The van der Waals surface area contributed by atoms with E-state index >= 15 is 0 Å². The van der Waals surface area contributed by atoms with Gasteiger partial charge in [0.2, 0.25) is 0 Å². The third kappa shape index (κ3) is 8.48. The Labute approximate surface area is 172 Å². The van der Waals surface area contributed by atoms with Crippen LogP contribution in [0.2, 0.25) is 0 Å². The Morgan fingerprint density at radius 1 is 1.17 bits per heavy atom. The van der Waals surface area contributed by atoms with E-state index in [1.807, 2.05) is 32.9 Å². The Bertz CT molecular complexity index is 674. The summed E-state index contributed by atoms with van der Waals surface area (Å²) >= 11 is 0. The molecule has 2 rings (SSSR count). The normalized spacial score (nSPS) is 14.3. The van der Waals surface area contributed by atoms with Crippen molar-refractivity contribution in [2.24, 2.45) is 5.11 Å². The number of unbranched alkanes of at least 4 members (excludes halogenated alkanes) is 3. The fraction of sp³-hybridized carbons (Fsp3) is 0.700. The number of carbonyl (C=O) groups is 1. The number of pyridine rings is 1. The molecule has 29 heavy (non-hydrogen) atoms. The zero-order valence-electron chi connectivity index (χ0n) is 17.7. The van der Waals surface area contributed by atoms with Crippen LogP contribution < -0.4 is 9.64 Å². The second-order valence-corrected chi connectivity index (χ2v) is 8.02. The van der Waals surface area contributed by atoms with Crippen LogP contribution in [0.1, 0.15) is 46.5 Å². The molecule has 0 unspecified atom stereocenters. The largest absolute Gasteiger partial charge is 0.492 e. The van der Waals surface area contributed by atoms with E-state index in [-0.39, 0.29) is 6.09 Å². The SMILES string of the molecule is CC(C)(C)OC(=O)N1CCN(c2ccc(OCCCCCCN=[N+]=[N-])cn2)CC1. The average molecular weight is 405 g/mol. The summed E-state index contributed by atoms with van der Waals surface area (Å²) < 4.78 is 11.2. The molecule has 0 aromatic carbocycles. The summed E-state index contributed by atoms with van der Waals surface area (Å²) in [6.45, 7) is 9.53. The number of carbonyl (C=O) groups excluding carboxylic acids is 1. The lowest BCUT2D eigenvalue weighted by Gasteiger charge is -2.36. The summed E-state index contributed by atoms with van der Waals surface area (Å²) in [5, 5.41) is 3.52. The van der Waals surface area contributed by atoms with Gasteiger partial charge in [0.15, 0.2) is 0 Å². The monoisotopic (exact) mass is 404 g/mol. The van der Waals surface area contributed by atoms with Crippen LogP contribution in [0, 0.1) is 0 Å². The molecule has 2 heterocycles. The fourth-order valence-electron chi connectivity index (χ4n) is 2.96. The van der Waals surface area contributed by atoms with Crippen molar-refractivity contribution in [3.05, 3.63) is 28.8 Å². The summed E-state index contributed by atoms with van der Waals surface area (Å²) in [7, 11) is 0. The molecule has 0 N–H and O–H groups in total. The van der Waals surface area contributed by atoms with Gasteiger partial charge in [-0.05, 0) is 51.3 Å². The van der Waals surface area contributed by atoms with Gasteiger partial charge in [-0.15, -0.1) is 0 Å². The quantitative estimate of drug-likeness (QED) is 0.263. The van der Waals surface area contributed by atoms with Gasteiger partial charge in [-0.25, -0.2) is 9.78 Å². The molecule has 0 aliphatic carbocycles. The molecule has 1 aromatic rings. The molecule has 1 amide bonds. The highest BCUT2D eigenvalue weighted by molar-refractivity contribution is 5.68. The van der Waals surface area contributed by atoms with E-state index < -0.39 is 5.60 Å². The van der Waals surface area contributed by atoms with Crippen LogP contribution >= 0.6 is 0 Å². The van der Waals surface area contributed by atoms with Crippen molar-refractivity contribution >= 4 is 11.9 Å². The summed E-state index contributed by atoms with van der Waals surface area (Å²) in [4.78, 5) is 23.3. The zero-order valence-corrected chi connectivity index (χ0v) is 17.7. The maximum atomic E-state index is 12.1. The van der Waals surface area contributed by atoms with Crippen LogP contribution in [-0.2, 0) is 4.74 Å². The minimum atomic E-state index is -0.475. The van der Waals surface area contributed by atoms with Gasteiger partial charge in [-0.1, -0.05) is 18.0 Å². The highest BCUT2D eigenvalue weighted by atomic mass is 16.6. The third-order valence-electron chi connectivity index (χ3n) is 4.46. The molecule has 1 fully saturated rings. The Balaban J connectivity index is 1.67. The Morgan fingerprint density at radius 3 is 2.52 bits per heavy atom. The number of amides is 1. The standard InChI is InChI=1S/C20H32N6O3/c1-20(2,3)29-19(27)26-13-11-25(12-14-26)18-9-8-17(16-22-18)28-15-7-5-4-6-10-23-24-21/h8-9,16H,4-7,10-15H2,1-3H3. The van der Waals surface area contributed by atoms with E-state index in [0.717, 1.165) is 50.3 Å². The molecule has 1 aromatic heterocycles. The van der Waals surface area contributed by atoms with Crippen LogP contribution in [0.25, 0.3) is 10.4 Å². The first kappa shape index (κ1) is 22.6. The zero-order chi connectivity index (χ0) is 21.1. The summed E-state index contributed by atoms with van der Waals surface area (Å²) in [6, 6.07) is 3.89. The van der Waals surface area contributed by atoms with E-state index in [0.29, 0.717) is 26.2 Å². The third-order valence-corrected chi connectivity index (χ3v) is 4.46. The minimum absolute atomic E-state index is 0.258. The average Bonchev–Trinajstić information content (AvgIpc) is 2.69. The van der Waals surface area contributed by atoms with Gasteiger partial charge in [-0.2, -0.15) is 0 Å². The molecule has 1 saturated heterocycles.